The van der Waals surface area contributed by atoms with Gasteiger partial charge in [-0.15, -0.1) is 0 Å². The largest absolute Gasteiger partial charge is 0.479 e. The van der Waals surface area contributed by atoms with Gasteiger partial charge in [-0.3, -0.25) is 9.59 Å². The van der Waals surface area contributed by atoms with Crippen molar-refractivity contribution in [2.24, 2.45) is 5.41 Å². The van der Waals surface area contributed by atoms with Gasteiger partial charge in [0.05, 0.1) is 0 Å². The van der Waals surface area contributed by atoms with E-state index in [2.05, 4.69) is 0 Å². The van der Waals surface area contributed by atoms with Crippen molar-refractivity contribution in [1.29, 1.82) is 0 Å². The van der Waals surface area contributed by atoms with Gasteiger partial charge in [-0.2, -0.15) is 0 Å². The van der Waals surface area contributed by atoms with Crippen molar-refractivity contribution in [3.05, 3.63) is 48.0 Å². The summed E-state index contributed by atoms with van der Waals surface area (Å²) in [5.74, 6) is -2.76. The minimum atomic E-state index is -1.56. The molecule has 5 nitrogen and oxygen atoms in total. The summed E-state index contributed by atoms with van der Waals surface area (Å²) in [4.78, 5) is 39.8. The van der Waals surface area contributed by atoms with Gasteiger partial charge >= 0.3 is 5.97 Å². The highest BCUT2D eigenvalue weighted by molar-refractivity contribution is 6.38. The van der Waals surface area contributed by atoms with Crippen LogP contribution in [0.4, 0.5) is 0 Å². The molecular weight excluding hydrogens is 342 g/mol. The fourth-order valence-electron chi connectivity index (χ4n) is 3.79. The van der Waals surface area contributed by atoms with Gasteiger partial charge in [0.2, 0.25) is 5.78 Å². The Bertz CT molecular complexity index is 738. The number of hydrogen-bond acceptors (Lipinski definition) is 3. The molecule has 1 aromatic carbocycles. The predicted octanol–water partition coefficient (Wildman–Crippen LogP) is 3.80. The van der Waals surface area contributed by atoms with Crippen molar-refractivity contribution < 1.29 is 19.5 Å². The van der Waals surface area contributed by atoms with E-state index in [9.17, 15) is 19.5 Å². The lowest BCUT2D eigenvalue weighted by Crippen LogP contribution is -2.64. The number of piperidine rings is 1. The van der Waals surface area contributed by atoms with Gasteiger partial charge in [-0.1, -0.05) is 63.3 Å². The Morgan fingerprint density at radius 2 is 1.89 bits per heavy atom. The number of aliphatic carboxylic acids is 1. The van der Waals surface area contributed by atoms with Crippen molar-refractivity contribution in [3.8, 4) is 0 Å². The number of carboxylic acids is 1. The number of allylic oxidation sites excluding steroid dienone is 1. The highest BCUT2D eigenvalue weighted by Crippen LogP contribution is 2.43. The molecule has 2 rings (SSSR count). The highest BCUT2D eigenvalue weighted by atomic mass is 16.4. The summed E-state index contributed by atoms with van der Waals surface area (Å²) in [6, 6.07) is 9.38. The first-order valence-corrected chi connectivity index (χ1v) is 9.51. The molecule has 0 bridgehead atoms. The molecule has 0 aliphatic carbocycles. The highest BCUT2D eigenvalue weighted by Gasteiger charge is 2.54. The summed E-state index contributed by atoms with van der Waals surface area (Å²) in [7, 11) is 0. The van der Waals surface area contributed by atoms with Crippen molar-refractivity contribution in [1.82, 2.24) is 4.90 Å². The SMILES string of the molecule is CC=CC1(C(=O)O)C(c2ccccc2)CCCN1C(=O)C(=O)C(C)(C)CC. The van der Waals surface area contributed by atoms with E-state index in [1.165, 1.54) is 4.90 Å². The first-order chi connectivity index (χ1) is 12.7. The normalized spacial score (nSPS) is 23.4. The van der Waals surface area contributed by atoms with Crippen molar-refractivity contribution >= 4 is 17.7 Å². The standard InChI is InChI=1S/C22H29NO4/c1-5-14-22(20(26)27)17(16-11-8-7-9-12-16)13-10-15-23(22)19(25)18(24)21(3,4)6-2/h5,7-9,11-12,14,17H,6,10,13,15H2,1-4H3,(H,26,27). The number of amides is 1. The fraction of sp³-hybridized carbons (Fsp3) is 0.500. The maximum atomic E-state index is 13.2. The van der Waals surface area contributed by atoms with E-state index in [1.807, 2.05) is 37.3 Å². The number of rotatable bonds is 6. The van der Waals surface area contributed by atoms with E-state index in [4.69, 9.17) is 0 Å². The Morgan fingerprint density at radius 3 is 2.41 bits per heavy atom. The molecule has 146 valence electrons. The van der Waals surface area contributed by atoms with Gasteiger partial charge in [-0.05, 0) is 31.7 Å². The molecule has 5 heteroatoms. The lowest BCUT2D eigenvalue weighted by molar-refractivity contribution is -0.164. The van der Waals surface area contributed by atoms with E-state index >= 15 is 0 Å². The van der Waals surface area contributed by atoms with Crippen LogP contribution in [0.3, 0.4) is 0 Å². The summed E-state index contributed by atoms with van der Waals surface area (Å²) in [5.41, 5.74) is -1.53. The Balaban J connectivity index is 2.60. The molecule has 27 heavy (non-hydrogen) atoms. The minimum absolute atomic E-state index is 0.254. The van der Waals surface area contributed by atoms with Gasteiger partial charge < -0.3 is 10.0 Å². The number of Topliss-reactive ketones (excluding diaryl/α,β-unsaturated/α-hetero) is 1. The number of ketones is 1. The molecule has 1 saturated heterocycles. The van der Waals surface area contributed by atoms with Crippen LogP contribution in [-0.4, -0.2) is 39.7 Å². The first kappa shape index (κ1) is 20.9. The molecule has 0 saturated carbocycles. The van der Waals surface area contributed by atoms with Crippen molar-refractivity contribution in [3.63, 3.8) is 0 Å². The van der Waals surface area contributed by atoms with Crippen LogP contribution in [0.25, 0.3) is 0 Å². The molecule has 1 N–H and O–H groups in total. The van der Waals surface area contributed by atoms with Crippen LogP contribution in [0.2, 0.25) is 0 Å². The van der Waals surface area contributed by atoms with Gasteiger partial charge in [-0.25, -0.2) is 4.79 Å². The van der Waals surface area contributed by atoms with Crippen LogP contribution < -0.4 is 0 Å². The summed E-state index contributed by atoms with van der Waals surface area (Å²) in [6.45, 7) is 7.30. The topological polar surface area (TPSA) is 74.7 Å². The van der Waals surface area contributed by atoms with E-state index in [1.54, 1.807) is 32.9 Å². The Hall–Kier alpha value is -2.43. The second-order valence-corrected chi connectivity index (χ2v) is 7.76. The maximum Gasteiger partial charge on any atom is 0.334 e. The molecule has 1 heterocycles. The second kappa shape index (κ2) is 8.07. The molecular formula is C22H29NO4. The number of benzene rings is 1. The van der Waals surface area contributed by atoms with Crippen molar-refractivity contribution in [2.45, 2.75) is 58.4 Å². The molecule has 1 aliphatic heterocycles. The van der Waals surface area contributed by atoms with Crippen LogP contribution in [0.15, 0.2) is 42.5 Å². The third kappa shape index (κ3) is 3.68. The van der Waals surface area contributed by atoms with E-state index in [-0.39, 0.29) is 6.54 Å². The lowest BCUT2D eigenvalue weighted by Gasteiger charge is -2.48. The quantitative estimate of drug-likeness (QED) is 0.610. The molecule has 2 unspecified atom stereocenters. The Morgan fingerprint density at radius 1 is 1.26 bits per heavy atom. The van der Waals surface area contributed by atoms with Crippen LogP contribution in [0.1, 0.15) is 58.4 Å². The summed E-state index contributed by atoms with van der Waals surface area (Å²) in [6.07, 6.45) is 5.02. The van der Waals surface area contributed by atoms with Gasteiger partial charge in [0.15, 0.2) is 5.54 Å². The van der Waals surface area contributed by atoms with Crippen LogP contribution in [-0.2, 0) is 14.4 Å². The minimum Gasteiger partial charge on any atom is -0.479 e. The summed E-state index contributed by atoms with van der Waals surface area (Å²) >= 11 is 0. The molecule has 1 amide bonds. The van der Waals surface area contributed by atoms with Gasteiger partial charge in [0, 0.05) is 17.9 Å². The van der Waals surface area contributed by atoms with E-state index in [0.29, 0.717) is 19.3 Å². The zero-order valence-electron chi connectivity index (χ0n) is 16.6. The summed E-state index contributed by atoms with van der Waals surface area (Å²) < 4.78 is 0. The molecule has 0 aromatic heterocycles. The number of carbonyl (C=O) groups excluding carboxylic acids is 2. The first-order valence-electron chi connectivity index (χ1n) is 9.51. The zero-order chi connectivity index (χ0) is 20.2. The number of carboxylic acid groups (broad SMARTS) is 1. The van der Waals surface area contributed by atoms with E-state index in [0.717, 1.165) is 5.56 Å². The molecule has 1 aromatic rings. The number of likely N-dealkylation sites (tertiary alicyclic amines) is 1. The molecule has 0 radical (unpaired) electrons. The van der Waals surface area contributed by atoms with Crippen LogP contribution >= 0.6 is 0 Å². The molecule has 2 atom stereocenters. The predicted molar refractivity (Wildman–Crippen MR) is 104 cm³/mol. The lowest BCUT2D eigenvalue weighted by atomic mass is 9.71. The average Bonchev–Trinajstić information content (AvgIpc) is 2.67. The van der Waals surface area contributed by atoms with Crippen LogP contribution in [0.5, 0.6) is 0 Å². The molecule has 1 fully saturated rings. The Labute approximate surface area is 161 Å². The molecule has 1 aliphatic rings. The van der Waals surface area contributed by atoms with Gasteiger partial charge in [0.1, 0.15) is 0 Å². The maximum absolute atomic E-state index is 13.2. The third-order valence-corrected chi connectivity index (χ3v) is 5.76. The second-order valence-electron chi connectivity index (χ2n) is 7.76. The monoisotopic (exact) mass is 371 g/mol. The average molecular weight is 371 g/mol. The van der Waals surface area contributed by atoms with E-state index < -0.39 is 34.5 Å². The summed E-state index contributed by atoms with van der Waals surface area (Å²) in [5, 5.41) is 10.3. The van der Waals surface area contributed by atoms with Crippen LogP contribution in [0, 0.1) is 5.41 Å². The number of carbonyl (C=O) groups is 3. The Kier molecular flexibility index (Phi) is 6.24. The fourth-order valence-corrected chi connectivity index (χ4v) is 3.79. The zero-order valence-corrected chi connectivity index (χ0v) is 16.6. The number of nitrogens with zero attached hydrogens (tertiary/aromatic N) is 1. The number of hydrogen-bond donors (Lipinski definition) is 1. The smallest absolute Gasteiger partial charge is 0.334 e. The van der Waals surface area contributed by atoms with Crippen molar-refractivity contribution in [2.75, 3.05) is 6.54 Å². The molecule has 0 spiro atoms. The third-order valence-electron chi connectivity index (χ3n) is 5.76. The van der Waals surface area contributed by atoms with Gasteiger partial charge in [0.25, 0.3) is 5.91 Å².